The largest absolute Gasteiger partial charge is 0.310 e. The molecule has 0 aliphatic heterocycles. The van der Waals surface area contributed by atoms with E-state index in [9.17, 15) is 0 Å². The number of hydrogen-bond acceptors (Lipinski definition) is 4. The molecule has 64 heavy (non-hydrogen) atoms. The van der Waals surface area contributed by atoms with Crippen molar-refractivity contribution in [2.24, 2.45) is 0 Å². The zero-order valence-electron chi connectivity index (χ0n) is 34.5. The van der Waals surface area contributed by atoms with Gasteiger partial charge in [-0.3, -0.25) is 15.0 Å². The Bertz CT molecular complexity index is 3620. The van der Waals surface area contributed by atoms with Crippen LogP contribution < -0.4 is 4.90 Å². The second-order valence-electron chi connectivity index (χ2n) is 16.2. The smallest absolute Gasteiger partial charge is 0.0724 e. The molecule has 7 nitrogen and oxygen atoms in total. The lowest BCUT2D eigenvalue weighted by molar-refractivity contribution is 1.12. The van der Waals surface area contributed by atoms with E-state index in [0.29, 0.717) is 0 Å². The highest BCUT2D eigenvalue weighted by Gasteiger charge is 2.20. The van der Waals surface area contributed by atoms with Crippen LogP contribution in [0.25, 0.3) is 93.6 Å². The Hall–Kier alpha value is -8.81. The van der Waals surface area contributed by atoms with Gasteiger partial charge in [0.05, 0.1) is 45.5 Å². The SMILES string of the molecule is c1ccc(N(c2ccccc2)c2ccc3c(c2)c2cnccc2n3-c2ccc(-c3cc(-n4c5ccccc5c5ccncc54)cc(-n4c5ccccc5c5ccncc54)c3)cc2)cc1. The fourth-order valence-electron chi connectivity index (χ4n) is 9.89. The highest BCUT2D eigenvalue weighted by molar-refractivity contribution is 6.12. The van der Waals surface area contributed by atoms with Crippen LogP contribution in [0.5, 0.6) is 0 Å². The van der Waals surface area contributed by atoms with Crippen LogP contribution in [0.1, 0.15) is 0 Å². The van der Waals surface area contributed by atoms with E-state index in [1.807, 2.05) is 37.2 Å². The Balaban J connectivity index is 0.987. The van der Waals surface area contributed by atoms with Crippen LogP contribution >= 0.6 is 0 Å². The average molecular weight is 820 g/mol. The summed E-state index contributed by atoms with van der Waals surface area (Å²) in [6, 6.07) is 67.3. The van der Waals surface area contributed by atoms with Crippen molar-refractivity contribution < 1.29 is 0 Å². The summed E-state index contributed by atoms with van der Waals surface area (Å²) in [6.07, 6.45) is 11.6. The van der Waals surface area contributed by atoms with Gasteiger partial charge in [0, 0.05) is 91.2 Å². The summed E-state index contributed by atoms with van der Waals surface area (Å²) >= 11 is 0. The van der Waals surface area contributed by atoms with Gasteiger partial charge in [0.1, 0.15) is 0 Å². The molecule has 0 atom stereocenters. The Morgan fingerprint density at radius 3 is 1.38 bits per heavy atom. The molecule has 0 radical (unpaired) electrons. The lowest BCUT2D eigenvalue weighted by atomic mass is 10.0. The van der Waals surface area contributed by atoms with Gasteiger partial charge in [-0.25, -0.2) is 0 Å². The van der Waals surface area contributed by atoms with E-state index >= 15 is 0 Å². The Labute approximate surface area is 368 Å². The number of aromatic nitrogens is 6. The molecular formula is C57H37N7. The van der Waals surface area contributed by atoms with E-state index in [-0.39, 0.29) is 0 Å². The fraction of sp³-hybridized carbons (Fsp3) is 0. The van der Waals surface area contributed by atoms with E-state index in [4.69, 9.17) is 0 Å². The first-order valence-electron chi connectivity index (χ1n) is 21.5. The van der Waals surface area contributed by atoms with Crippen LogP contribution in [-0.2, 0) is 0 Å². The Morgan fingerprint density at radius 2 is 0.766 bits per heavy atom. The van der Waals surface area contributed by atoms with Crippen molar-refractivity contribution in [3.05, 3.63) is 225 Å². The maximum atomic E-state index is 4.61. The average Bonchev–Trinajstić information content (AvgIpc) is 4.00. The minimum atomic E-state index is 1.05. The molecule has 0 fully saturated rings. The molecule has 6 aromatic heterocycles. The zero-order valence-corrected chi connectivity index (χ0v) is 34.5. The predicted molar refractivity (Wildman–Crippen MR) is 263 cm³/mol. The first-order chi connectivity index (χ1) is 31.8. The number of rotatable bonds is 7. The summed E-state index contributed by atoms with van der Waals surface area (Å²) in [6.45, 7) is 0. The third-order valence-corrected chi connectivity index (χ3v) is 12.7. The standard InChI is InChI=1S/C57H37N7/c1-3-11-40(12-4-1)61(41-13-5-2-6-14-41)43-23-24-54-50(34-43)51-35-58-30-27-55(51)62(54)42-21-19-38(20-22-42)39-31-44(63-52-17-9-7-15-46(52)48-25-28-59-36-56(48)63)33-45(32-39)64-53-18-10-8-16-47(53)49-26-29-60-37-57(49)64/h1-37H. The first kappa shape index (κ1) is 35.9. The molecule has 0 spiro atoms. The van der Waals surface area contributed by atoms with Crippen molar-refractivity contribution in [1.82, 2.24) is 28.7 Å². The predicted octanol–water partition coefficient (Wildman–Crippen LogP) is 14.3. The number of benzene rings is 7. The van der Waals surface area contributed by atoms with E-state index in [0.717, 1.165) is 89.1 Å². The van der Waals surface area contributed by atoms with Crippen LogP contribution in [0, 0.1) is 0 Å². The fourth-order valence-corrected chi connectivity index (χ4v) is 9.89. The summed E-state index contributed by atoms with van der Waals surface area (Å²) < 4.78 is 7.05. The summed E-state index contributed by atoms with van der Waals surface area (Å²) in [7, 11) is 0. The van der Waals surface area contributed by atoms with Crippen molar-refractivity contribution in [2.75, 3.05) is 4.90 Å². The molecule has 0 aliphatic carbocycles. The van der Waals surface area contributed by atoms with E-state index in [1.54, 1.807) is 0 Å². The lowest BCUT2D eigenvalue weighted by Gasteiger charge is -2.25. The number of nitrogens with zero attached hydrogens (tertiary/aromatic N) is 7. The van der Waals surface area contributed by atoms with Gasteiger partial charge in [0.25, 0.3) is 0 Å². The summed E-state index contributed by atoms with van der Waals surface area (Å²) in [5.74, 6) is 0. The monoisotopic (exact) mass is 819 g/mol. The topological polar surface area (TPSA) is 56.7 Å². The highest BCUT2D eigenvalue weighted by atomic mass is 15.1. The van der Waals surface area contributed by atoms with Crippen LogP contribution in [0.3, 0.4) is 0 Å². The lowest BCUT2D eigenvalue weighted by Crippen LogP contribution is -2.09. The third kappa shape index (κ3) is 5.58. The molecular weight excluding hydrogens is 783 g/mol. The number of fused-ring (bicyclic) bond motifs is 9. The molecule has 300 valence electrons. The molecule has 7 heteroatoms. The van der Waals surface area contributed by atoms with Gasteiger partial charge in [0.15, 0.2) is 0 Å². The van der Waals surface area contributed by atoms with Gasteiger partial charge in [-0.05, 0) is 114 Å². The van der Waals surface area contributed by atoms with Crippen LogP contribution in [0.4, 0.5) is 17.1 Å². The molecule has 13 aromatic rings. The van der Waals surface area contributed by atoms with Crippen LogP contribution in [0.2, 0.25) is 0 Å². The van der Waals surface area contributed by atoms with E-state index in [1.165, 1.54) is 21.5 Å². The highest BCUT2D eigenvalue weighted by Crippen LogP contribution is 2.41. The molecule has 0 unspecified atom stereocenters. The molecule has 0 saturated carbocycles. The van der Waals surface area contributed by atoms with Crippen LogP contribution in [0.15, 0.2) is 225 Å². The summed E-state index contributed by atoms with van der Waals surface area (Å²) in [4.78, 5) is 16.1. The van der Waals surface area contributed by atoms with E-state index < -0.39 is 0 Å². The van der Waals surface area contributed by atoms with Gasteiger partial charge in [-0.2, -0.15) is 0 Å². The first-order valence-corrected chi connectivity index (χ1v) is 21.5. The second kappa shape index (κ2) is 14.4. The molecule has 0 amide bonds. The summed E-state index contributed by atoms with van der Waals surface area (Å²) in [5, 5.41) is 6.97. The van der Waals surface area contributed by atoms with Crippen molar-refractivity contribution in [3.8, 4) is 28.2 Å². The maximum absolute atomic E-state index is 4.61. The number of anilines is 3. The van der Waals surface area contributed by atoms with Gasteiger partial charge in [-0.15, -0.1) is 0 Å². The molecule has 0 saturated heterocycles. The van der Waals surface area contributed by atoms with Crippen molar-refractivity contribution in [2.45, 2.75) is 0 Å². The maximum Gasteiger partial charge on any atom is 0.0724 e. The quantitative estimate of drug-likeness (QED) is 0.161. The minimum Gasteiger partial charge on any atom is -0.310 e. The van der Waals surface area contributed by atoms with Gasteiger partial charge in [-0.1, -0.05) is 84.9 Å². The molecule has 0 aliphatic rings. The molecule has 7 aromatic carbocycles. The van der Waals surface area contributed by atoms with Gasteiger partial charge < -0.3 is 18.6 Å². The van der Waals surface area contributed by atoms with Crippen molar-refractivity contribution in [3.63, 3.8) is 0 Å². The third-order valence-electron chi connectivity index (χ3n) is 12.7. The normalized spacial score (nSPS) is 11.8. The van der Waals surface area contributed by atoms with Crippen molar-refractivity contribution >= 4 is 82.5 Å². The second-order valence-corrected chi connectivity index (χ2v) is 16.2. The molecule has 0 bridgehead atoms. The molecule has 13 rings (SSSR count). The Kier molecular flexibility index (Phi) is 8.08. The number of hydrogen-bond donors (Lipinski definition) is 0. The number of pyridine rings is 3. The Morgan fingerprint density at radius 1 is 0.281 bits per heavy atom. The van der Waals surface area contributed by atoms with Crippen LogP contribution in [-0.4, -0.2) is 28.7 Å². The van der Waals surface area contributed by atoms with Gasteiger partial charge >= 0.3 is 0 Å². The zero-order chi connectivity index (χ0) is 42.1. The van der Waals surface area contributed by atoms with Crippen molar-refractivity contribution in [1.29, 1.82) is 0 Å². The summed E-state index contributed by atoms with van der Waals surface area (Å²) in [5.41, 5.74) is 15.3. The van der Waals surface area contributed by atoms with E-state index in [2.05, 4.69) is 222 Å². The molecule has 0 N–H and O–H groups in total. The molecule has 6 heterocycles. The number of para-hydroxylation sites is 4. The minimum absolute atomic E-state index is 1.05. The van der Waals surface area contributed by atoms with Gasteiger partial charge in [0.2, 0.25) is 0 Å².